The molecule has 0 fully saturated rings. The maximum atomic E-state index is 13.8. The first-order chi connectivity index (χ1) is 21.2. The van der Waals surface area contributed by atoms with E-state index in [4.69, 9.17) is 14.2 Å². The number of benzene rings is 4. The molecule has 0 saturated heterocycles. The largest absolute Gasteiger partial charge is 0.497 e. The fraction of sp³-hybridized carbons (Fsp3) is 0.297. The van der Waals surface area contributed by atoms with Crippen LogP contribution in [0.3, 0.4) is 0 Å². The van der Waals surface area contributed by atoms with Crippen molar-refractivity contribution in [2.24, 2.45) is 0 Å². The lowest BCUT2D eigenvalue weighted by atomic mass is 9.84. The predicted octanol–water partition coefficient (Wildman–Crippen LogP) is 8.26. The van der Waals surface area contributed by atoms with Gasteiger partial charge in [-0.05, 0) is 62.1 Å². The highest BCUT2D eigenvalue weighted by atomic mass is 32.2. The SMILES string of the molecule is CCOC(=O)CN(C(=O)OC(C)(C)C)C(CSC(c1ccccc1)(c1ccccc1)c1ccccc1)c1ccc(OC)cc1. The van der Waals surface area contributed by atoms with E-state index in [1.54, 1.807) is 25.8 Å². The minimum atomic E-state index is -0.760. The molecule has 0 bridgehead atoms. The first kappa shape index (κ1) is 32.7. The number of amides is 1. The van der Waals surface area contributed by atoms with E-state index in [1.807, 2.05) is 99.6 Å². The summed E-state index contributed by atoms with van der Waals surface area (Å²) in [5.74, 6) is 0.632. The smallest absolute Gasteiger partial charge is 0.411 e. The molecule has 0 spiro atoms. The van der Waals surface area contributed by atoms with Crippen molar-refractivity contribution in [1.29, 1.82) is 0 Å². The third-order valence-corrected chi connectivity index (χ3v) is 8.73. The molecule has 0 saturated carbocycles. The second-order valence-electron chi connectivity index (χ2n) is 11.3. The molecule has 4 aromatic rings. The van der Waals surface area contributed by atoms with Crippen LogP contribution in [0.1, 0.15) is 56.0 Å². The highest BCUT2D eigenvalue weighted by Gasteiger charge is 2.40. The second-order valence-corrected chi connectivity index (χ2v) is 12.5. The van der Waals surface area contributed by atoms with Crippen LogP contribution in [0.15, 0.2) is 115 Å². The molecule has 0 aliphatic rings. The van der Waals surface area contributed by atoms with Crippen LogP contribution < -0.4 is 4.74 Å². The highest BCUT2D eigenvalue weighted by Crippen LogP contribution is 2.50. The number of hydrogen-bond acceptors (Lipinski definition) is 6. The van der Waals surface area contributed by atoms with Crippen molar-refractivity contribution in [1.82, 2.24) is 4.90 Å². The molecule has 0 aliphatic heterocycles. The number of carbonyl (C=O) groups excluding carboxylic acids is 2. The first-order valence-corrected chi connectivity index (χ1v) is 15.8. The Morgan fingerprint density at radius 3 is 1.64 bits per heavy atom. The molecule has 1 unspecified atom stereocenters. The Morgan fingerprint density at radius 2 is 1.23 bits per heavy atom. The monoisotopic (exact) mass is 611 g/mol. The van der Waals surface area contributed by atoms with Crippen molar-refractivity contribution >= 4 is 23.8 Å². The number of rotatable bonds is 12. The number of ether oxygens (including phenoxy) is 3. The quantitative estimate of drug-likeness (QED) is 0.119. The second kappa shape index (κ2) is 15.0. The summed E-state index contributed by atoms with van der Waals surface area (Å²) in [5, 5.41) is 0. The lowest BCUT2D eigenvalue weighted by Crippen LogP contribution is -2.44. The number of methoxy groups -OCH3 is 1. The zero-order valence-electron chi connectivity index (χ0n) is 26.1. The van der Waals surface area contributed by atoms with Crippen molar-refractivity contribution < 1.29 is 23.8 Å². The van der Waals surface area contributed by atoms with Crippen LogP contribution in [0.4, 0.5) is 4.79 Å². The molecule has 0 N–H and O–H groups in total. The number of carbonyl (C=O) groups is 2. The molecule has 4 aromatic carbocycles. The van der Waals surface area contributed by atoms with Crippen molar-refractivity contribution in [2.75, 3.05) is 26.0 Å². The predicted molar refractivity (Wildman–Crippen MR) is 177 cm³/mol. The van der Waals surface area contributed by atoms with Crippen LogP contribution in [-0.2, 0) is 19.0 Å². The Kier molecular flexibility index (Phi) is 11.1. The van der Waals surface area contributed by atoms with Gasteiger partial charge in [0.15, 0.2) is 0 Å². The number of hydrogen-bond donors (Lipinski definition) is 0. The Bertz CT molecular complexity index is 1370. The molecule has 0 radical (unpaired) electrons. The summed E-state index contributed by atoms with van der Waals surface area (Å²) in [6.07, 6.45) is -0.586. The van der Waals surface area contributed by atoms with Crippen molar-refractivity contribution in [2.45, 2.75) is 44.1 Å². The van der Waals surface area contributed by atoms with Crippen molar-refractivity contribution in [3.63, 3.8) is 0 Å². The van der Waals surface area contributed by atoms with E-state index in [-0.39, 0.29) is 13.2 Å². The van der Waals surface area contributed by atoms with Crippen LogP contribution in [-0.4, -0.2) is 48.6 Å². The molecule has 1 amide bonds. The first-order valence-electron chi connectivity index (χ1n) is 14.8. The summed E-state index contributed by atoms with van der Waals surface area (Å²) < 4.78 is 16.0. The van der Waals surface area contributed by atoms with Crippen LogP contribution in [0.25, 0.3) is 0 Å². The fourth-order valence-corrected chi connectivity index (χ4v) is 6.82. The van der Waals surface area contributed by atoms with Crippen LogP contribution >= 0.6 is 11.8 Å². The normalized spacial score (nSPS) is 12.2. The van der Waals surface area contributed by atoms with Crippen LogP contribution in [0.2, 0.25) is 0 Å². The van der Waals surface area contributed by atoms with Gasteiger partial charge in [0, 0.05) is 5.75 Å². The summed E-state index contributed by atoms with van der Waals surface area (Å²) in [4.78, 5) is 28.2. The number of thioether (sulfide) groups is 1. The van der Waals surface area contributed by atoms with Gasteiger partial charge in [0.05, 0.1) is 24.5 Å². The third-order valence-electron chi connectivity index (χ3n) is 7.11. The van der Waals surface area contributed by atoms with E-state index in [0.29, 0.717) is 11.5 Å². The summed E-state index contributed by atoms with van der Waals surface area (Å²) in [7, 11) is 1.62. The van der Waals surface area contributed by atoms with Gasteiger partial charge in [-0.2, -0.15) is 0 Å². The molecule has 230 valence electrons. The van der Waals surface area contributed by atoms with Gasteiger partial charge in [-0.25, -0.2) is 4.79 Å². The van der Waals surface area contributed by atoms with Crippen LogP contribution in [0.5, 0.6) is 5.75 Å². The molecule has 1 atom stereocenters. The Labute approximate surface area is 265 Å². The fourth-order valence-electron chi connectivity index (χ4n) is 5.13. The van der Waals surface area contributed by atoms with E-state index >= 15 is 0 Å². The van der Waals surface area contributed by atoms with Gasteiger partial charge in [-0.15, -0.1) is 11.8 Å². The van der Waals surface area contributed by atoms with Crippen molar-refractivity contribution in [3.05, 3.63) is 138 Å². The van der Waals surface area contributed by atoms with E-state index in [2.05, 4.69) is 36.4 Å². The van der Waals surface area contributed by atoms with E-state index in [0.717, 1.165) is 22.3 Å². The van der Waals surface area contributed by atoms with Gasteiger partial charge in [0.2, 0.25) is 0 Å². The Morgan fingerprint density at radius 1 is 0.750 bits per heavy atom. The lowest BCUT2D eigenvalue weighted by molar-refractivity contribution is -0.144. The van der Waals surface area contributed by atoms with E-state index in [9.17, 15) is 9.59 Å². The summed E-state index contributed by atoms with van der Waals surface area (Å²) >= 11 is 1.71. The van der Waals surface area contributed by atoms with Gasteiger partial charge >= 0.3 is 12.1 Å². The van der Waals surface area contributed by atoms with Gasteiger partial charge in [0.1, 0.15) is 17.9 Å². The molecule has 7 heteroatoms. The maximum absolute atomic E-state index is 13.8. The van der Waals surface area contributed by atoms with Gasteiger partial charge in [-0.1, -0.05) is 103 Å². The average Bonchev–Trinajstić information content (AvgIpc) is 3.03. The van der Waals surface area contributed by atoms with Gasteiger partial charge in [-0.3, -0.25) is 9.69 Å². The molecular weight excluding hydrogens is 570 g/mol. The summed E-state index contributed by atoms with van der Waals surface area (Å²) in [6.45, 7) is 7.15. The Balaban J connectivity index is 1.88. The van der Waals surface area contributed by atoms with Crippen LogP contribution in [0, 0.1) is 0 Å². The van der Waals surface area contributed by atoms with Gasteiger partial charge in [0.25, 0.3) is 0 Å². The Hall–Kier alpha value is -4.23. The average molecular weight is 612 g/mol. The standard InChI is InChI=1S/C37H41NO5S/c1-6-42-34(39)26-38(35(40)43-36(2,3)4)33(28-22-24-32(41-5)25-23-28)27-44-37(29-16-10-7-11-17-29,30-18-12-8-13-19-30)31-20-14-9-15-21-31/h7-25,33H,6,26-27H2,1-5H3. The number of esters is 1. The van der Waals surface area contributed by atoms with Gasteiger partial charge < -0.3 is 14.2 Å². The summed E-state index contributed by atoms with van der Waals surface area (Å²) in [5.41, 5.74) is 3.39. The molecule has 0 aromatic heterocycles. The molecule has 6 nitrogen and oxygen atoms in total. The van der Waals surface area contributed by atoms with Crippen molar-refractivity contribution in [3.8, 4) is 5.75 Å². The molecule has 0 heterocycles. The number of nitrogens with zero attached hydrogens (tertiary/aromatic N) is 1. The van der Waals surface area contributed by atoms with E-state index in [1.165, 1.54) is 4.90 Å². The lowest BCUT2D eigenvalue weighted by Gasteiger charge is -2.39. The van der Waals surface area contributed by atoms with E-state index < -0.39 is 28.5 Å². The molecule has 4 rings (SSSR count). The molecular formula is C37H41NO5S. The minimum Gasteiger partial charge on any atom is -0.497 e. The zero-order chi connectivity index (χ0) is 31.6. The third kappa shape index (κ3) is 8.03. The topological polar surface area (TPSA) is 65.1 Å². The summed E-state index contributed by atoms with van der Waals surface area (Å²) in [6, 6.07) is 38.2. The highest BCUT2D eigenvalue weighted by molar-refractivity contribution is 8.00. The molecule has 44 heavy (non-hydrogen) atoms. The zero-order valence-corrected chi connectivity index (χ0v) is 26.9. The maximum Gasteiger partial charge on any atom is 0.411 e. The minimum absolute atomic E-state index is 0.210. The molecule has 0 aliphatic carbocycles.